The highest BCUT2D eigenvalue weighted by Crippen LogP contribution is 2.33. The van der Waals surface area contributed by atoms with E-state index in [1.807, 2.05) is 24.8 Å². The van der Waals surface area contributed by atoms with Gasteiger partial charge in [0.15, 0.2) is 11.5 Å². The van der Waals surface area contributed by atoms with E-state index in [0.29, 0.717) is 29.6 Å². The smallest absolute Gasteiger partial charge is 0.286 e. The first kappa shape index (κ1) is 22.6. The van der Waals surface area contributed by atoms with Crippen molar-refractivity contribution in [2.75, 3.05) is 25.7 Å². The molecule has 8 nitrogen and oxygen atoms in total. The van der Waals surface area contributed by atoms with Gasteiger partial charge in [0.25, 0.3) is 15.9 Å². The molecular weight excluding hydrogens is 418 g/mol. The molecule has 1 aliphatic heterocycles. The van der Waals surface area contributed by atoms with Gasteiger partial charge in [0.05, 0.1) is 25.9 Å². The summed E-state index contributed by atoms with van der Waals surface area (Å²) in [6, 6.07) is 9.75. The summed E-state index contributed by atoms with van der Waals surface area (Å²) < 4.78 is 39.6. The number of hydrogen-bond donors (Lipinski definition) is 1. The van der Waals surface area contributed by atoms with E-state index in [-0.39, 0.29) is 22.4 Å². The Morgan fingerprint density at radius 3 is 2.48 bits per heavy atom. The summed E-state index contributed by atoms with van der Waals surface area (Å²) in [5.41, 5.74) is 1.62. The van der Waals surface area contributed by atoms with Crippen LogP contribution in [-0.4, -0.2) is 40.9 Å². The molecule has 9 heteroatoms. The van der Waals surface area contributed by atoms with Gasteiger partial charge in [0.2, 0.25) is 0 Å². The van der Waals surface area contributed by atoms with E-state index in [4.69, 9.17) is 9.47 Å². The number of nitrogens with one attached hydrogen (secondary N) is 1. The summed E-state index contributed by atoms with van der Waals surface area (Å²) in [4.78, 5) is 14.8. The summed E-state index contributed by atoms with van der Waals surface area (Å²) in [7, 11) is -0.758. The van der Waals surface area contributed by atoms with Gasteiger partial charge in [0, 0.05) is 12.1 Å². The van der Waals surface area contributed by atoms with Crippen molar-refractivity contribution in [3.8, 4) is 11.5 Å². The average Bonchev–Trinajstić information content (AvgIpc) is 2.75. The Balaban J connectivity index is 1.87. The van der Waals surface area contributed by atoms with Gasteiger partial charge >= 0.3 is 0 Å². The maximum absolute atomic E-state index is 12.9. The number of sulfonamides is 1. The van der Waals surface area contributed by atoms with Crippen LogP contribution in [0.1, 0.15) is 49.2 Å². The van der Waals surface area contributed by atoms with Crippen LogP contribution in [-0.2, 0) is 10.0 Å². The maximum atomic E-state index is 12.9. The van der Waals surface area contributed by atoms with Crippen LogP contribution < -0.4 is 19.7 Å². The Bertz CT molecular complexity index is 1130. The number of anilines is 1. The number of carbonyl (C=O) groups excluding carboxylic acids is 1. The summed E-state index contributed by atoms with van der Waals surface area (Å²) in [5.74, 6) is 1.20. The maximum Gasteiger partial charge on any atom is 0.286 e. The Morgan fingerprint density at radius 1 is 1.13 bits per heavy atom. The Kier molecular flexibility index (Phi) is 6.54. The SMILES string of the molecule is CCCN1C(C)=NS(=O)(=O)c2cc(C(=O)NC(C)c3ccc(OC)c(OC)c3)ccc21. The predicted molar refractivity (Wildman–Crippen MR) is 120 cm³/mol. The largest absolute Gasteiger partial charge is 0.493 e. The van der Waals surface area contributed by atoms with Gasteiger partial charge in [-0.2, -0.15) is 8.42 Å². The average molecular weight is 446 g/mol. The molecule has 1 unspecified atom stereocenters. The fourth-order valence-electron chi connectivity index (χ4n) is 3.52. The van der Waals surface area contributed by atoms with Gasteiger partial charge < -0.3 is 19.7 Å². The summed E-state index contributed by atoms with van der Waals surface area (Å²) in [6.45, 7) is 6.15. The minimum atomic E-state index is -3.86. The molecule has 166 valence electrons. The molecule has 0 saturated heterocycles. The second-order valence-electron chi connectivity index (χ2n) is 7.26. The number of hydrogen-bond acceptors (Lipinski definition) is 6. The molecule has 3 rings (SSSR count). The first-order chi connectivity index (χ1) is 14.7. The Labute approximate surface area is 182 Å². The van der Waals surface area contributed by atoms with Crippen LogP contribution in [0.25, 0.3) is 0 Å². The van der Waals surface area contributed by atoms with Gasteiger partial charge in [-0.1, -0.05) is 13.0 Å². The molecule has 2 aromatic rings. The molecule has 0 aliphatic carbocycles. The molecule has 0 radical (unpaired) electrons. The molecule has 1 N–H and O–H groups in total. The highest BCUT2D eigenvalue weighted by Gasteiger charge is 2.29. The van der Waals surface area contributed by atoms with E-state index < -0.39 is 10.0 Å². The molecule has 0 fully saturated rings. The van der Waals surface area contributed by atoms with Crippen molar-refractivity contribution < 1.29 is 22.7 Å². The second kappa shape index (κ2) is 8.97. The lowest BCUT2D eigenvalue weighted by molar-refractivity contribution is 0.0939. The number of amidine groups is 1. The van der Waals surface area contributed by atoms with Crippen LogP contribution in [0.5, 0.6) is 11.5 Å². The van der Waals surface area contributed by atoms with Crippen LogP contribution in [0.2, 0.25) is 0 Å². The minimum Gasteiger partial charge on any atom is -0.493 e. The number of methoxy groups -OCH3 is 2. The van der Waals surface area contributed by atoms with Crippen molar-refractivity contribution in [3.05, 3.63) is 47.5 Å². The zero-order valence-corrected chi connectivity index (χ0v) is 19.1. The van der Waals surface area contributed by atoms with Gasteiger partial charge in [0.1, 0.15) is 10.7 Å². The van der Waals surface area contributed by atoms with Crippen LogP contribution in [0.4, 0.5) is 5.69 Å². The number of ether oxygens (including phenoxy) is 2. The number of rotatable bonds is 7. The lowest BCUT2D eigenvalue weighted by atomic mass is 10.1. The quantitative estimate of drug-likeness (QED) is 0.700. The standard InChI is InChI=1S/C22H27N3O5S/c1-6-11-25-15(3)24-31(27,28)21-13-17(7-9-18(21)25)22(26)23-14(2)16-8-10-19(29-4)20(12-16)30-5/h7-10,12-14H,6,11H2,1-5H3,(H,23,26). The van der Waals surface area contributed by atoms with Crippen molar-refractivity contribution in [2.24, 2.45) is 4.40 Å². The van der Waals surface area contributed by atoms with Crippen molar-refractivity contribution >= 4 is 27.5 Å². The second-order valence-corrected chi connectivity index (χ2v) is 8.83. The fourth-order valence-corrected chi connectivity index (χ4v) is 4.79. The third-order valence-electron chi connectivity index (χ3n) is 5.14. The number of benzene rings is 2. The molecule has 1 atom stereocenters. The van der Waals surface area contributed by atoms with E-state index in [9.17, 15) is 13.2 Å². The molecule has 0 aromatic heterocycles. The highest BCUT2D eigenvalue weighted by atomic mass is 32.2. The summed E-state index contributed by atoms with van der Waals surface area (Å²) in [5, 5.41) is 2.90. The monoisotopic (exact) mass is 445 g/mol. The number of fused-ring (bicyclic) bond motifs is 1. The van der Waals surface area contributed by atoms with Gasteiger partial charge in [-0.25, -0.2) is 0 Å². The van der Waals surface area contributed by atoms with Crippen molar-refractivity contribution in [1.29, 1.82) is 0 Å². The molecule has 2 aromatic carbocycles. The van der Waals surface area contributed by atoms with Crippen LogP contribution in [0, 0.1) is 0 Å². The molecule has 0 saturated carbocycles. The third-order valence-corrected chi connectivity index (χ3v) is 6.52. The topological polar surface area (TPSA) is 97.3 Å². The number of carbonyl (C=O) groups is 1. The Morgan fingerprint density at radius 2 is 1.84 bits per heavy atom. The predicted octanol–water partition coefficient (Wildman–Crippen LogP) is 3.53. The van der Waals surface area contributed by atoms with Crippen molar-refractivity contribution in [3.63, 3.8) is 0 Å². The van der Waals surface area contributed by atoms with E-state index in [1.54, 1.807) is 45.4 Å². The van der Waals surface area contributed by atoms with Gasteiger partial charge in [-0.3, -0.25) is 4.79 Å². The normalized spacial score (nSPS) is 15.5. The van der Waals surface area contributed by atoms with Crippen LogP contribution in [0.15, 0.2) is 45.7 Å². The lowest BCUT2D eigenvalue weighted by Gasteiger charge is -2.29. The van der Waals surface area contributed by atoms with Gasteiger partial charge in [-0.05, 0) is 56.2 Å². The van der Waals surface area contributed by atoms with Crippen molar-refractivity contribution in [1.82, 2.24) is 5.32 Å². The minimum absolute atomic E-state index is 0.0398. The molecule has 1 heterocycles. The zero-order valence-electron chi connectivity index (χ0n) is 18.3. The first-order valence-electron chi connectivity index (χ1n) is 9.97. The van der Waals surface area contributed by atoms with E-state index in [2.05, 4.69) is 9.71 Å². The Hall–Kier alpha value is -3.07. The fraction of sp³-hybridized carbons (Fsp3) is 0.364. The molecule has 0 bridgehead atoms. The number of nitrogens with zero attached hydrogens (tertiary/aromatic N) is 2. The summed E-state index contributed by atoms with van der Waals surface area (Å²) >= 11 is 0. The number of amides is 1. The molecular formula is C22H27N3O5S. The lowest BCUT2D eigenvalue weighted by Crippen LogP contribution is -2.35. The van der Waals surface area contributed by atoms with Crippen LogP contribution in [0.3, 0.4) is 0 Å². The van der Waals surface area contributed by atoms with Crippen LogP contribution >= 0.6 is 0 Å². The first-order valence-corrected chi connectivity index (χ1v) is 11.4. The third kappa shape index (κ3) is 4.51. The van der Waals surface area contributed by atoms with Crippen molar-refractivity contribution in [2.45, 2.75) is 38.1 Å². The van der Waals surface area contributed by atoms with E-state index >= 15 is 0 Å². The summed E-state index contributed by atoms with van der Waals surface area (Å²) in [6.07, 6.45) is 0.831. The highest BCUT2D eigenvalue weighted by molar-refractivity contribution is 7.90. The van der Waals surface area contributed by atoms with E-state index in [0.717, 1.165) is 12.0 Å². The zero-order chi connectivity index (χ0) is 22.8. The van der Waals surface area contributed by atoms with E-state index in [1.165, 1.54) is 6.07 Å². The molecule has 31 heavy (non-hydrogen) atoms. The molecule has 0 spiro atoms. The van der Waals surface area contributed by atoms with Gasteiger partial charge in [-0.15, -0.1) is 4.40 Å². The molecule has 1 aliphatic rings. The molecule has 1 amide bonds.